The fraction of sp³-hybridized carbons (Fsp3) is 0.345. The van der Waals surface area contributed by atoms with E-state index in [-0.39, 0.29) is 11.8 Å². The summed E-state index contributed by atoms with van der Waals surface area (Å²) in [6.07, 6.45) is 2.40. The maximum Gasteiger partial charge on any atom is 0.416 e. The van der Waals surface area contributed by atoms with Crippen molar-refractivity contribution in [2.45, 2.75) is 56.3 Å². The Labute approximate surface area is 223 Å². The molecule has 3 atom stereocenters. The Balaban J connectivity index is 1.34. The minimum absolute atomic E-state index is 0.0611. The highest BCUT2D eigenvalue weighted by atomic mass is 19.4. The standard InChI is InChI=1S/C29H28F3N5O2/c1-28(39,20-7-9-21(10-8-20)29(30,31)32)19-5-2-17(3-6-19)24-25-26(33)34-14-15-36(25)27(35-24)18-4-11-22-12-13-23(38)37(22)16-18/h2-3,5-10,14-15,18,22,39H,4,11-13,16H2,1H3,(H2,33,34)/t18-,22+,28?/m1/s1. The summed E-state index contributed by atoms with van der Waals surface area (Å²) in [6, 6.07) is 11.9. The number of imidazole rings is 1. The first-order chi connectivity index (χ1) is 18.5. The van der Waals surface area contributed by atoms with E-state index in [0.29, 0.717) is 47.2 Å². The van der Waals surface area contributed by atoms with Crippen LogP contribution in [-0.4, -0.2) is 42.9 Å². The van der Waals surface area contributed by atoms with E-state index < -0.39 is 17.3 Å². The van der Waals surface area contributed by atoms with Crippen LogP contribution in [0.5, 0.6) is 0 Å². The third kappa shape index (κ3) is 4.32. The summed E-state index contributed by atoms with van der Waals surface area (Å²) in [4.78, 5) is 23.7. The summed E-state index contributed by atoms with van der Waals surface area (Å²) in [7, 11) is 0. The molecular formula is C29H28F3N5O2. The Kier molecular flexibility index (Phi) is 5.91. The molecule has 1 unspecified atom stereocenters. The van der Waals surface area contributed by atoms with Crippen molar-refractivity contribution in [2.24, 2.45) is 0 Å². The number of carbonyl (C=O) groups excluding carboxylic acids is 1. The quantitative estimate of drug-likeness (QED) is 0.378. The smallest absolute Gasteiger partial charge is 0.382 e. The van der Waals surface area contributed by atoms with E-state index in [1.807, 2.05) is 27.6 Å². The number of piperidine rings is 1. The zero-order valence-electron chi connectivity index (χ0n) is 21.3. The molecule has 0 bridgehead atoms. The summed E-state index contributed by atoms with van der Waals surface area (Å²) >= 11 is 0. The number of benzene rings is 2. The second-order valence-electron chi connectivity index (χ2n) is 10.6. The van der Waals surface area contributed by atoms with E-state index in [1.165, 1.54) is 12.1 Å². The van der Waals surface area contributed by atoms with Gasteiger partial charge in [-0.05, 0) is 49.4 Å². The second-order valence-corrected chi connectivity index (χ2v) is 10.6. The van der Waals surface area contributed by atoms with Gasteiger partial charge in [-0.25, -0.2) is 9.97 Å². The molecule has 7 nitrogen and oxygen atoms in total. The monoisotopic (exact) mass is 535 g/mol. The molecule has 4 aromatic rings. The predicted octanol–water partition coefficient (Wildman–Crippen LogP) is 5.12. The third-order valence-corrected chi connectivity index (χ3v) is 8.19. The maximum atomic E-state index is 13.0. The van der Waals surface area contributed by atoms with Crippen LogP contribution in [-0.2, 0) is 16.6 Å². The number of nitrogens with zero attached hydrogens (tertiary/aromatic N) is 4. The molecule has 0 radical (unpaired) electrons. The highest BCUT2D eigenvalue weighted by Gasteiger charge is 2.38. The van der Waals surface area contributed by atoms with E-state index in [9.17, 15) is 23.1 Å². The normalized spacial score (nSPS) is 21.3. The van der Waals surface area contributed by atoms with E-state index >= 15 is 0 Å². The largest absolute Gasteiger partial charge is 0.416 e. The molecule has 2 aromatic heterocycles. The number of rotatable bonds is 4. The van der Waals surface area contributed by atoms with Crippen LogP contribution in [0.1, 0.15) is 61.0 Å². The first kappa shape index (κ1) is 25.4. The van der Waals surface area contributed by atoms with Crippen molar-refractivity contribution < 1.29 is 23.1 Å². The lowest BCUT2D eigenvalue weighted by Crippen LogP contribution is -2.41. The zero-order chi connectivity index (χ0) is 27.5. The number of amides is 1. The number of anilines is 1. The van der Waals surface area contributed by atoms with E-state index in [2.05, 4.69) is 4.98 Å². The van der Waals surface area contributed by atoms with Gasteiger partial charge in [0, 0.05) is 42.9 Å². The SMILES string of the molecule is CC(O)(c1ccc(-c2nc([C@@H]3CC[C@H]4CCC(=O)N4C3)n3ccnc(N)c23)cc1)c1ccc(C(F)(F)F)cc1. The topological polar surface area (TPSA) is 96.8 Å². The van der Waals surface area contributed by atoms with Gasteiger partial charge in [0.2, 0.25) is 5.91 Å². The number of nitrogen functional groups attached to an aromatic ring is 1. The Morgan fingerprint density at radius 2 is 1.62 bits per heavy atom. The average molecular weight is 536 g/mol. The molecule has 202 valence electrons. The van der Waals surface area contributed by atoms with Crippen molar-refractivity contribution in [1.82, 2.24) is 19.3 Å². The maximum absolute atomic E-state index is 13.0. The van der Waals surface area contributed by atoms with Crippen LogP contribution < -0.4 is 5.73 Å². The van der Waals surface area contributed by atoms with E-state index in [1.54, 1.807) is 25.3 Å². The lowest BCUT2D eigenvalue weighted by molar-refractivity contribution is -0.137. The van der Waals surface area contributed by atoms with Gasteiger partial charge in [0.15, 0.2) is 0 Å². The zero-order valence-corrected chi connectivity index (χ0v) is 21.3. The highest BCUT2D eigenvalue weighted by Crippen LogP contribution is 2.39. The summed E-state index contributed by atoms with van der Waals surface area (Å²) in [5, 5.41) is 11.2. The summed E-state index contributed by atoms with van der Waals surface area (Å²) in [5.41, 5.74) is 6.97. The molecule has 2 aliphatic rings. The third-order valence-electron chi connectivity index (χ3n) is 8.19. The minimum Gasteiger partial charge on any atom is -0.382 e. The number of fused-ring (bicyclic) bond motifs is 2. The van der Waals surface area contributed by atoms with Gasteiger partial charge in [0.25, 0.3) is 0 Å². The molecule has 2 saturated heterocycles. The Morgan fingerprint density at radius 3 is 2.28 bits per heavy atom. The van der Waals surface area contributed by atoms with Crippen molar-refractivity contribution >= 4 is 17.2 Å². The number of aromatic nitrogens is 3. The molecule has 3 N–H and O–H groups in total. The molecule has 0 spiro atoms. The van der Waals surface area contributed by atoms with Gasteiger partial charge < -0.3 is 15.7 Å². The van der Waals surface area contributed by atoms with Gasteiger partial charge in [-0.1, -0.05) is 36.4 Å². The molecule has 0 aliphatic carbocycles. The van der Waals surface area contributed by atoms with Gasteiger partial charge in [0.1, 0.15) is 28.5 Å². The van der Waals surface area contributed by atoms with Crippen molar-refractivity contribution in [2.75, 3.05) is 12.3 Å². The number of hydrogen-bond acceptors (Lipinski definition) is 5. The van der Waals surface area contributed by atoms with Gasteiger partial charge >= 0.3 is 6.18 Å². The van der Waals surface area contributed by atoms with Crippen LogP contribution in [0.15, 0.2) is 60.9 Å². The van der Waals surface area contributed by atoms with Crippen LogP contribution in [0.3, 0.4) is 0 Å². The number of nitrogens with two attached hydrogens (primary N) is 1. The van der Waals surface area contributed by atoms with Gasteiger partial charge in [0.05, 0.1) is 5.56 Å². The van der Waals surface area contributed by atoms with Crippen molar-refractivity contribution in [1.29, 1.82) is 0 Å². The van der Waals surface area contributed by atoms with Crippen LogP contribution >= 0.6 is 0 Å². The predicted molar refractivity (Wildman–Crippen MR) is 140 cm³/mol. The molecule has 6 rings (SSSR count). The molecule has 10 heteroatoms. The number of halogens is 3. The van der Waals surface area contributed by atoms with E-state index in [4.69, 9.17) is 10.7 Å². The number of aliphatic hydroxyl groups is 1. The molecule has 2 aliphatic heterocycles. The van der Waals surface area contributed by atoms with Crippen molar-refractivity contribution in [3.8, 4) is 11.3 Å². The lowest BCUT2D eigenvalue weighted by Gasteiger charge is -2.34. The first-order valence-electron chi connectivity index (χ1n) is 13.0. The number of carbonyl (C=O) groups is 1. The van der Waals surface area contributed by atoms with Crippen molar-refractivity contribution in [3.05, 3.63) is 83.4 Å². The molecule has 39 heavy (non-hydrogen) atoms. The molecular weight excluding hydrogens is 507 g/mol. The van der Waals surface area contributed by atoms with Crippen LogP contribution in [0.2, 0.25) is 0 Å². The highest BCUT2D eigenvalue weighted by molar-refractivity contribution is 5.85. The minimum atomic E-state index is -4.45. The van der Waals surface area contributed by atoms with E-state index in [0.717, 1.165) is 42.8 Å². The van der Waals surface area contributed by atoms with Crippen LogP contribution in [0, 0.1) is 0 Å². The fourth-order valence-electron chi connectivity index (χ4n) is 5.96. The number of hydrogen-bond donors (Lipinski definition) is 2. The Hall–Kier alpha value is -3.92. The fourth-order valence-corrected chi connectivity index (χ4v) is 5.96. The summed E-state index contributed by atoms with van der Waals surface area (Å²) in [5.74, 6) is 1.42. The first-order valence-corrected chi connectivity index (χ1v) is 13.0. The summed E-state index contributed by atoms with van der Waals surface area (Å²) in [6.45, 7) is 2.17. The van der Waals surface area contributed by atoms with Gasteiger partial charge in [-0.3, -0.25) is 9.20 Å². The van der Waals surface area contributed by atoms with Gasteiger partial charge in [-0.2, -0.15) is 13.2 Å². The van der Waals surface area contributed by atoms with Gasteiger partial charge in [-0.15, -0.1) is 0 Å². The molecule has 4 heterocycles. The van der Waals surface area contributed by atoms with Crippen molar-refractivity contribution in [3.63, 3.8) is 0 Å². The second kappa shape index (κ2) is 9.08. The van der Waals surface area contributed by atoms with Crippen LogP contribution in [0.4, 0.5) is 19.0 Å². The average Bonchev–Trinajstić information content (AvgIpc) is 3.50. The molecule has 1 amide bonds. The number of alkyl halides is 3. The Bertz CT molecular complexity index is 1540. The lowest BCUT2D eigenvalue weighted by atomic mass is 9.87. The molecule has 2 aromatic carbocycles. The van der Waals surface area contributed by atoms with Crippen LogP contribution in [0.25, 0.3) is 16.8 Å². The molecule has 2 fully saturated rings. The Morgan fingerprint density at radius 1 is 0.974 bits per heavy atom. The molecule has 0 saturated carbocycles. The summed E-state index contributed by atoms with van der Waals surface area (Å²) < 4.78 is 40.9.